The summed E-state index contributed by atoms with van der Waals surface area (Å²) in [5.74, 6) is 2.11. The third-order valence-electron chi connectivity index (χ3n) is 4.10. The molecular formula is C17H26N4O2. The molecule has 0 bridgehead atoms. The molecule has 0 saturated heterocycles. The number of nitrogens with zero attached hydrogens (tertiary/aromatic N) is 3. The van der Waals surface area contributed by atoms with Crippen LogP contribution in [0.25, 0.3) is 0 Å². The Hall–Kier alpha value is -2.11. The highest BCUT2D eigenvalue weighted by molar-refractivity contribution is 5.79. The van der Waals surface area contributed by atoms with E-state index in [1.165, 1.54) is 0 Å². The van der Waals surface area contributed by atoms with Crippen LogP contribution in [0.15, 0.2) is 16.9 Å². The van der Waals surface area contributed by atoms with Gasteiger partial charge < -0.3 is 14.4 Å². The number of hydrogen-bond acceptors (Lipinski definition) is 4. The Morgan fingerprint density at radius 2 is 2.09 bits per heavy atom. The number of carbonyl (C=O) groups excluding carboxylic acids is 1. The predicted molar refractivity (Wildman–Crippen MR) is 88.3 cm³/mol. The highest BCUT2D eigenvalue weighted by Gasteiger charge is 2.18. The number of aryl methyl sites for hydroxylation is 2. The number of nitrogens with one attached hydrogen (secondary N) is 1. The zero-order chi connectivity index (χ0) is 17.0. The molecule has 0 fully saturated rings. The van der Waals surface area contributed by atoms with Crippen LogP contribution in [0.4, 0.5) is 0 Å². The molecule has 0 radical (unpaired) electrons. The first-order chi connectivity index (χ1) is 10.9. The number of rotatable bonds is 7. The van der Waals surface area contributed by atoms with Crippen LogP contribution >= 0.6 is 0 Å². The lowest BCUT2D eigenvalue weighted by atomic mass is 10.1. The van der Waals surface area contributed by atoms with Gasteiger partial charge in [-0.25, -0.2) is 4.98 Å². The van der Waals surface area contributed by atoms with Crippen LogP contribution in [-0.2, 0) is 11.2 Å². The molecule has 126 valence electrons. The molecule has 0 aliphatic carbocycles. The minimum Gasteiger partial charge on any atom is -0.361 e. The molecule has 1 atom stereocenters. The van der Waals surface area contributed by atoms with Crippen LogP contribution in [0.5, 0.6) is 0 Å². The van der Waals surface area contributed by atoms with Crippen molar-refractivity contribution in [1.82, 2.24) is 20.0 Å². The van der Waals surface area contributed by atoms with Gasteiger partial charge in [0, 0.05) is 30.4 Å². The lowest BCUT2D eigenvalue weighted by molar-refractivity contribution is -0.123. The highest BCUT2D eigenvalue weighted by Crippen LogP contribution is 2.17. The fourth-order valence-corrected chi connectivity index (χ4v) is 2.71. The predicted octanol–water partition coefficient (Wildman–Crippen LogP) is 2.92. The van der Waals surface area contributed by atoms with Crippen molar-refractivity contribution < 1.29 is 9.32 Å². The second kappa shape index (κ2) is 7.44. The van der Waals surface area contributed by atoms with E-state index in [0.29, 0.717) is 12.5 Å². The lowest BCUT2D eigenvalue weighted by Crippen LogP contribution is -2.32. The zero-order valence-electron chi connectivity index (χ0n) is 14.6. The van der Waals surface area contributed by atoms with Crippen LogP contribution in [0.3, 0.4) is 0 Å². The van der Waals surface area contributed by atoms with Crippen LogP contribution in [0.1, 0.15) is 62.0 Å². The van der Waals surface area contributed by atoms with E-state index in [1.54, 1.807) is 6.20 Å². The quantitative estimate of drug-likeness (QED) is 0.797. The molecule has 6 nitrogen and oxygen atoms in total. The minimum atomic E-state index is -0.256. The summed E-state index contributed by atoms with van der Waals surface area (Å²) in [6.45, 7) is 10.6. The monoisotopic (exact) mass is 318 g/mol. The van der Waals surface area contributed by atoms with Gasteiger partial charge in [-0.3, -0.25) is 4.79 Å². The Morgan fingerprint density at radius 3 is 2.70 bits per heavy atom. The molecule has 1 unspecified atom stereocenters. The van der Waals surface area contributed by atoms with Gasteiger partial charge in [0.25, 0.3) is 0 Å². The van der Waals surface area contributed by atoms with Crippen molar-refractivity contribution in [3.63, 3.8) is 0 Å². The van der Waals surface area contributed by atoms with E-state index in [9.17, 15) is 4.79 Å². The van der Waals surface area contributed by atoms with Gasteiger partial charge in [0.05, 0.1) is 5.69 Å². The van der Waals surface area contributed by atoms with Crippen molar-refractivity contribution in [3.8, 4) is 0 Å². The standard InChI is InChI=1S/C17H26N4O2/c1-11(2)16-18-9-10-21(16)13(4)17(22)19-8-6-7-15-12(3)20-23-14(15)5/h9-11,13H,6-8H2,1-5H3,(H,19,22). The Bertz CT molecular complexity index is 638. The molecule has 0 aromatic carbocycles. The van der Waals surface area contributed by atoms with Gasteiger partial charge in [0.2, 0.25) is 5.91 Å². The molecule has 23 heavy (non-hydrogen) atoms. The van der Waals surface area contributed by atoms with E-state index in [2.05, 4.69) is 29.3 Å². The summed E-state index contributed by atoms with van der Waals surface area (Å²) in [6, 6.07) is -0.256. The van der Waals surface area contributed by atoms with Gasteiger partial charge in [-0.1, -0.05) is 19.0 Å². The van der Waals surface area contributed by atoms with Crippen LogP contribution in [-0.4, -0.2) is 27.2 Å². The van der Waals surface area contributed by atoms with Gasteiger partial charge in [0.15, 0.2) is 0 Å². The normalized spacial score (nSPS) is 12.6. The maximum absolute atomic E-state index is 12.3. The first-order valence-corrected chi connectivity index (χ1v) is 8.14. The summed E-state index contributed by atoms with van der Waals surface area (Å²) in [4.78, 5) is 16.7. The molecule has 2 heterocycles. The topological polar surface area (TPSA) is 73.0 Å². The molecule has 1 N–H and O–H groups in total. The maximum Gasteiger partial charge on any atom is 0.242 e. The van der Waals surface area contributed by atoms with Crippen LogP contribution in [0, 0.1) is 13.8 Å². The molecule has 2 rings (SSSR count). The van der Waals surface area contributed by atoms with Crippen molar-refractivity contribution in [2.45, 2.75) is 59.4 Å². The molecule has 0 saturated carbocycles. The second-order valence-electron chi connectivity index (χ2n) is 6.22. The summed E-state index contributed by atoms with van der Waals surface area (Å²) in [7, 11) is 0. The average Bonchev–Trinajstić information content (AvgIpc) is 3.11. The smallest absolute Gasteiger partial charge is 0.242 e. The van der Waals surface area contributed by atoms with Gasteiger partial charge >= 0.3 is 0 Å². The molecule has 1 amide bonds. The van der Waals surface area contributed by atoms with Crippen molar-refractivity contribution >= 4 is 5.91 Å². The van der Waals surface area contributed by atoms with E-state index in [1.807, 2.05) is 31.5 Å². The Balaban J connectivity index is 1.84. The van der Waals surface area contributed by atoms with Gasteiger partial charge in [-0.05, 0) is 33.6 Å². The second-order valence-corrected chi connectivity index (χ2v) is 6.22. The van der Waals surface area contributed by atoms with Gasteiger partial charge in [0.1, 0.15) is 17.6 Å². The number of hydrogen-bond donors (Lipinski definition) is 1. The van der Waals surface area contributed by atoms with Crippen LogP contribution < -0.4 is 5.32 Å². The molecular weight excluding hydrogens is 292 g/mol. The van der Waals surface area contributed by atoms with E-state index in [4.69, 9.17) is 4.52 Å². The van der Waals surface area contributed by atoms with Crippen molar-refractivity contribution in [3.05, 3.63) is 35.2 Å². The third-order valence-corrected chi connectivity index (χ3v) is 4.10. The Morgan fingerprint density at radius 1 is 1.35 bits per heavy atom. The van der Waals surface area contributed by atoms with Crippen molar-refractivity contribution in [2.75, 3.05) is 6.54 Å². The van der Waals surface area contributed by atoms with Crippen molar-refractivity contribution in [2.24, 2.45) is 0 Å². The first kappa shape index (κ1) is 17.2. The van der Waals surface area contributed by atoms with E-state index in [-0.39, 0.29) is 11.9 Å². The average molecular weight is 318 g/mol. The molecule has 2 aromatic heterocycles. The summed E-state index contributed by atoms with van der Waals surface area (Å²) in [5, 5.41) is 6.95. The highest BCUT2D eigenvalue weighted by atomic mass is 16.5. The summed E-state index contributed by atoms with van der Waals surface area (Å²) >= 11 is 0. The Kier molecular flexibility index (Phi) is 5.58. The first-order valence-electron chi connectivity index (χ1n) is 8.14. The van der Waals surface area contributed by atoms with Gasteiger partial charge in [-0.2, -0.15) is 0 Å². The van der Waals surface area contributed by atoms with E-state index >= 15 is 0 Å². The summed E-state index contributed by atoms with van der Waals surface area (Å²) in [6.07, 6.45) is 5.33. The molecule has 0 spiro atoms. The fraction of sp³-hybridized carbons (Fsp3) is 0.588. The molecule has 0 aliphatic heterocycles. The SMILES string of the molecule is Cc1noc(C)c1CCCNC(=O)C(C)n1ccnc1C(C)C. The lowest BCUT2D eigenvalue weighted by Gasteiger charge is -2.17. The van der Waals surface area contributed by atoms with E-state index < -0.39 is 0 Å². The molecule has 2 aromatic rings. The number of amides is 1. The minimum absolute atomic E-state index is 0.0173. The maximum atomic E-state index is 12.3. The van der Waals surface area contributed by atoms with Crippen LogP contribution in [0.2, 0.25) is 0 Å². The van der Waals surface area contributed by atoms with Crippen molar-refractivity contribution in [1.29, 1.82) is 0 Å². The Labute approximate surface area is 137 Å². The van der Waals surface area contributed by atoms with E-state index in [0.717, 1.165) is 35.7 Å². The largest absolute Gasteiger partial charge is 0.361 e. The summed E-state index contributed by atoms with van der Waals surface area (Å²) in [5.41, 5.74) is 2.08. The number of imidazole rings is 1. The molecule has 0 aliphatic rings. The fourth-order valence-electron chi connectivity index (χ4n) is 2.71. The number of aromatic nitrogens is 3. The molecule has 6 heteroatoms. The number of carbonyl (C=O) groups is 1. The third kappa shape index (κ3) is 4.00. The summed E-state index contributed by atoms with van der Waals surface area (Å²) < 4.78 is 7.09. The zero-order valence-corrected chi connectivity index (χ0v) is 14.6. The van der Waals surface area contributed by atoms with Gasteiger partial charge in [-0.15, -0.1) is 0 Å².